The van der Waals surface area contributed by atoms with Gasteiger partial charge in [0.25, 0.3) is 0 Å². The van der Waals surface area contributed by atoms with Gasteiger partial charge in [-0.3, -0.25) is 0 Å². The van der Waals surface area contributed by atoms with Crippen LogP contribution in [0.3, 0.4) is 0 Å². The van der Waals surface area contributed by atoms with Crippen molar-refractivity contribution in [2.75, 3.05) is 19.0 Å². The third kappa shape index (κ3) is 8.52. The summed E-state index contributed by atoms with van der Waals surface area (Å²) in [5.41, 5.74) is 0. The summed E-state index contributed by atoms with van der Waals surface area (Å²) in [5, 5.41) is 0. The van der Waals surface area contributed by atoms with Crippen molar-refractivity contribution < 1.29 is 18.9 Å². The molecule has 4 nitrogen and oxygen atoms in total. The van der Waals surface area contributed by atoms with Crippen molar-refractivity contribution in [3.8, 4) is 0 Å². The molecule has 0 aliphatic heterocycles. The van der Waals surface area contributed by atoms with E-state index in [1.807, 2.05) is 13.8 Å². The Morgan fingerprint density at radius 1 is 1.38 bits per heavy atom. The normalized spacial score (nSPS) is 12.2. The summed E-state index contributed by atoms with van der Waals surface area (Å²) in [6, 6.07) is 0.712. The van der Waals surface area contributed by atoms with Crippen molar-refractivity contribution in [3.63, 3.8) is 0 Å². The van der Waals surface area contributed by atoms with Crippen LogP contribution in [0.1, 0.15) is 13.8 Å². The van der Waals surface area contributed by atoms with Gasteiger partial charge in [0.1, 0.15) is 9.52 Å². The zero-order chi connectivity index (χ0) is 10.1. The molecule has 13 heavy (non-hydrogen) atoms. The monoisotopic (exact) mass is 223 g/mol. The largest absolute Gasteiger partial charge is 0.500 e. The van der Waals surface area contributed by atoms with Crippen molar-refractivity contribution in [3.05, 3.63) is 0 Å². The van der Waals surface area contributed by atoms with Gasteiger partial charge in [0.2, 0.25) is 0 Å². The number of rotatable bonds is 8. The number of hydrogen-bond acceptors (Lipinski definition) is 3. The first-order valence-electron chi connectivity index (χ1n) is 4.28. The van der Waals surface area contributed by atoms with Crippen molar-refractivity contribution in [2.45, 2.75) is 26.2 Å². The molecule has 1 unspecified atom stereocenters. The highest BCUT2D eigenvalue weighted by molar-refractivity contribution is 7.40. The van der Waals surface area contributed by atoms with Gasteiger partial charge < -0.3 is 9.47 Å². The Labute approximate surface area is 82.3 Å². The summed E-state index contributed by atoms with van der Waals surface area (Å²) in [4.78, 5) is 8.56. The molecule has 1 N–H and O–H groups in total. The molecule has 0 aromatic rings. The van der Waals surface area contributed by atoms with Gasteiger partial charge in [-0.25, -0.2) is 0 Å². The van der Waals surface area contributed by atoms with Gasteiger partial charge in [-0.15, -0.1) is 0 Å². The summed E-state index contributed by atoms with van der Waals surface area (Å²) in [6.45, 7) is 5.03. The average Bonchev–Trinajstić information content (AvgIpc) is 2.04. The van der Waals surface area contributed by atoms with Gasteiger partial charge in [-0.2, -0.15) is 4.89 Å². The van der Waals surface area contributed by atoms with Crippen LogP contribution in [0.15, 0.2) is 0 Å². The second-order valence-electron chi connectivity index (χ2n) is 2.30. The van der Waals surface area contributed by atoms with E-state index >= 15 is 0 Å². The maximum absolute atomic E-state index is 10.4. The summed E-state index contributed by atoms with van der Waals surface area (Å²) in [5.74, 6) is 0.353. The molecule has 0 aliphatic carbocycles. The van der Waals surface area contributed by atoms with E-state index in [-0.39, 0.29) is 6.29 Å². The molecule has 0 amide bonds. The Hall–Kier alpha value is 0.197. The van der Waals surface area contributed by atoms with Crippen LogP contribution in [-0.4, -0.2) is 39.7 Å². The molecule has 2 radical (unpaired) electrons. The van der Waals surface area contributed by atoms with Crippen molar-refractivity contribution in [2.24, 2.45) is 0 Å². The molecule has 0 spiro atoms. The molecule has 1 atom stereocenters. The van der Waals surface area contributed by atoms with Gasteiger partial charge in [-0.05, 0) is 24.5 Å². The Morgan fingerprint density at radius 2 is 1.92 bits per heavy atom. The van der Waals surface area contributed by atoms with Crippen LogP contribution >= 0.6 is 8.03 Å². The minimum Gasteiger partial charge on any atom is -0.353 e. The Kier molecular flexibility index (Phi) is 8.91. The molecule has 0 saturated carbocycles. The van der Waals surface area contributed by atoms with Gasteiger partial charge in [0.15, 0.2) is 12.1 Å². The summed E-state index contributed by atoms with van der Waals surface area (Å²) >= 11 is 0. The van der Waals surface area contributed by atoms with Crippen LogP contribution in [0.4, 0.5) is 0 Å². The molecule has 0 bridgehead atoms. The van der Waals surface area contributed by atoms with Crippen LogP contribution in [0.2, 0.25) is 6.04 Å². The van der Waals surface area contributed by atoms with Gasteiger partial charge in [0, 0.05) is 13.2 Å². The quantitative estimate of drug-likeness (QED) is 0.381. The van der Waals surface area contributed by atoms with E-state index in [9.17, 15) is 4.57 Å². The highest BCUT2D eigenvalue weighted by atomic mass is 31.1. The van der Waals surface area contributed by atoms with Crippen molar-refractivity contribution in [1.82, 2.24) is 0 Å². The molecule has 0 aromatic heterocycles. The SMILES string of the molecule is CCOC(C[Si]C[P+](=O)O)OCC. The lowest BCUT2D eigenvalue weighted by molar-refractivity contribution is -0.123. The van der Waals surface area contributed by atoms with E-state index < -0.39 is 8.03 Å². The summed E-state index contributed by atoms with van der Waals surface area (Å²) < 4.78 is 20.9. The van der Waals surface area contributed by atoms with Gasteiger partial charge >= 0.3 is 8.03 Å². The third-order valence-corrected chi connectivity index (χ3v) is 3.86. The summed E-state index contributed by atoms with van der Waals surface area (Å²) in [7, 11) is -1.57. The molecule has 0 aromatic carbocycles. The first-order valence-corrected chi connectivity index (χ1v) is 7.09. The van der Waals surface area contributed by atoms with Gasteiger partial charge in [0.05, 0.1) is 0 Å². The molecular weight excluding hydrogens is 207 g/mol. The standard InChI is InChI=1S/C7H15O4PSi/c1-3-10-7(11-4-2)5-13-6-12(8)9/h7H,3-6H2,1-2H3/p+1. The second-order valence-corrected chi connectivity index (χ2v) is 5.18. The Balaban J connectivity index is 3.49. The maximum Gasteiger partial charge on any atom is 0.500 e. The lowest BCUT2D eigenvalue weighted by Crippen LogP contribution is -2.19. The Morgan fingerprint density at radius 3 is 2.31 bits per heavy atom. The molecule has 0 saturated heterocycles. The first-order chi connectivity index (χ1) is 6.20. The fraction of sp³-hybridized carbons (Fsp3) is 1.00. The van der Waals surface area contributed by atoms with E-state index in [0.29, 0.717) is 34.6 Å². The number of hydrogen-bond donors (Lipinski definition) is 1. The predicted molar refractivity (Wildman–Crippen MR) is 52.3 cm³/mol. The van der Waals surface area contributed by atoms with Crippen LogP contribution in [0.5, 0.6) is 0 Å². The molecule has 0 heterocycles. The molecule has 0 fully saturated rings. The van der Waals surface area contributed by atoms with Crippen LogP contribution in [0.25, 0.3) is 0 Å². The van der Waals surface area contributed by atoms with E-state index in [1.165, 1.54) is 0 Å². The van der Waals surface area contributed by atoms with E-state index in [0.717, 1.165) is 0 Å². The van der Waals surface area contributed by atoms with E-state index in [1.54, 1.807) is 0 Å². The fourth-order valence-corrected chi connectivity index (χ4v) is 2.57. The molecular formula is C7H16O4PSi+. The maximum atomic E-state index is 10.4. The van der Waals surface area contributed by atoms with Crippen LogP contribution in [-0.2, 0) is 14.0 Å². The fourth-order valence-electron chi connectivity index (χ4n) is 0.816. The molecule has 76 valence electrons. The highest BCUT2D eigenvalue weighted by Crippen LogP contribution is 2.12. The highest BCUT2D eigenvalue weighted by Gasteiger charge is 2.14. The van der Waals surface area contributed by atoms with E-state index in [4.69, 9.17) is 14.4 Å². The van der Waals surface area contributed by atoms with Crippen molar-refractivity contribution in [1.29, 1.82) is 0 Å². The third-order valence-electron chi connectivity index (χ3n) is 1.26. The number of ether oxygens (including phenoxy) is 2. The summed E-state index contributed by atoms with van der Waals surface area (Å²) in [6.07, 6.45) is -0.205. The lowest BCUT2D eigenvalue weighted by Gasteiger charge is -2.14. The topological polar surface area (TPSA) is 55.8 Å². The first kappa shape index (κ1) is 13.2. The van der Waals surface area contributed by atoms with Gasteiger partial charge in [-0.1, -0.05) is 0 Å². The minimum atomic E-state index is -2.00. The van der Waals surface area contributed by atoms with E-state index in [2.05, 4.69) is 0 Å². The van der Waals surface area contributed by atoms with Crippen LogP contribution < -0.4 is 0 Å². The molecule has 6 heteroatoms. The zero-order valence-corrected chi connectivity index (χ0v) is 9.92. The minimum absolute atomic E-state index is 0.205. The van der Waals surface area contributed by atoms with Crippen molar-refractivity contribution >= 4 is 17.5 Å². The molecule has 0 aliphatic rings. The van der Waals surface area contributed by atoms with Crippen LogP contribution in [0, 0.1) is 0 Å². The zero-order valence-electron chi connectivity index (χ0n) is 8.02. The Bertz CT molecular complexity index is 138. The predicted octanol–water partition coefficient (Wildman–Crippen LogP) is 1.20. The smallest absolute Gasteiger partial charge is 0.353 e. The lowest BCUT2D eigenvalue weighted by atomic mass is 10.7. The average molecular weight is 223 g/mol. The second kappa shape index (κ2) is 8.78. The molecule has 0 rings (SSSR count).